The van der Waals surface area contributed by atoms with E-state index in [1.807, 2.05) is 42.5 Å². The topological polar surface area (TPSA) is 98.8 Å². The molecule has 0 fully saturated rings. The minimum atomic E-state index is -1.12. The average molecular weight is 520 g/mol. The van der Waals surface area contributed by atoms with Crippen LogP contribution >= 0.6 is 0 Å². The average Bonchev–Trinajstić information content (AvgIpc) is 3.41. The maximum absolute atomic E-state index is 14.2. The Hall–Kier alpha value is -4.34. The summed E-state index contributed by atoms with van der Waals surface area (Å²) >= 11 is 0. The molecule has 4 rings (SSSR count). The number of aromatic amines is 1. The van der Waals surface area contributed by atoms with Crippen molar-refractivity contribution >= 4 is 23.1 Å². The van der Waals surface area contributed by atoms with Crippen molar-refractivity contribution < 1.29 is 13.6 Å². The van der Waals surface area contributed by atoms with Crippen LogP contribution in [-0.2, 0) is 0 Å². The number of carbonyl (C=O) groups is 1. The summed E-state index contributed by atoms with van der Waals surface area (Å²) in [6.07, 6.45) is 0. The van der Waals surface area contributed by atoms with Gasteiger partial charge in [-0.25, -0.2) is 18.7 Å². The summed E-state index contributed by atoms with van der Waals surface area (Å²) in [6.45, 7) is 10.1. The number of urea groups is 1. The molecule has 0 atom stereocenters. The fourth-order valence-corrected chi connectivity index (χ4v) is 4.32. The van der Waals surface area contributed by atoms with E-state index in [1.54, 1.807) is 0 Å². The molecule has 0 aliphatic heterocycles. The maximum Gasteiger partial charge on any atom is 0.323 e. The monoisotopic (exact) mass is 519 g/mol. The lowest BCUT2D eigenvalue weighted by Gasteiger charge is -2.31. The fraction of sp³-hybridized carbons (Fsp3) is 0.286. The van der Waals surface area contributed by atoms with Crippen LogP contribution < -0.4 is 15.5 Å². The van der Waals surface area contributed by atoms with Crippen molar-refractivity contribution in [2.24, 2.45) is 11.8 Å². The third-order valence-corrected chi connectivity index (χ3v) is 5.79. The lowest BCUT2D eigenvalue weighted by Crippen LogP contribution is -2.32. The summed E-state index contributed by atoms with van der Waals surface area (Å²) in [6, 6.07) is 16.4. The lowest BCUT2D eigenvalue weighted by atomic mass is 9.97. The number of nitrogens with zero attached hydrogens (tertiary/aromatic N) is 4. The first-order valence-corrected chi connectivity index (χ1v) is 12.5. The van der Waals surface area contributed by atoms with Crippen molar-refractivity contribution in [2.45, 2.75) is 27.7 Å². The van der Waals surface area contributed by atoms with Crippen molar-refractivity contribution in [1.29, 1.82) is 0 Å². The first kappa shape index (κ1) is 26.7. The number of hydrogen-bond acceptors (Lipinski definition) is 5. The summed E-state index contributed by atoms with van der Waals surface area (Å²) < 4.78 is 27.9. The number of carbonyl (C=O) groups excluding carboxylic acids is 1. The van der Waals surface area contributed by atoms with E-state index >= 15 is 0 Å². The third kappa shape index (κ3) is 6.31. The zero-order valence-corrected chi connectivity index (χ0v) is 21.8. The Morgan fingerprint density at radius 2 is 1.58 bits per heavy atom. The molecule has 0 saturated heterocycles. The Morgan fingerprint density at radius 3 is 2.24 bits per heavy atom. The van der Waals surface area contributed by atoms with Gasteiger partial charge < -0.3 is 15.5 Å². The van der Waals surface area contributed by atoms with Gasteiger partial charge in [0.1, 0.15) is 0 Å². The highest BCUT2D eigenvalue weighted by Gasteiger charge is 2.19. The zero-order valence-electron chi connectivity index (χ0n) is 21.8. The van der Waals surface area contributed by atoms with Crippen molar-refractivity contribution in [3.8, 4) is 22.5 Å². The second kappa shape index (κ2) is 11.8. The molecule has 0 spiro atoms. The molecule has 0 saturated carbocycles. The van der Waals surface area contributed by atoms with E-state index in [9.17, 15) is 13.6 Å². The van der Waals surface area contributed by atoms with Crippen LogP contribution in [0.4, 0.5) is 30.6 Å². The van der Waals surface area contributed by atoms with E-state index in [0.29, 0.717) is 23.3 Å². The van der Waals surface area contributed by atoms with Crippen LogP contribution in [0.1, 0.15) is 27.7 Å². The molecule has 3 N–H and O–H groups in total. The fourth-order valence-electron chi connectivity index (χ4n) is 4.32. The quantitative estimate of drug-likeness (QED) is 0.232. The van der Waals surface area contributed by atoms with Crippen LogP contribution in [0.3, 0.4) is 0 Å². The SMILES string of the molecule is CC(C)CN(CC(C)C)c1ccc(-c2ccccc2-c2nnn[nH]2)cc1NC(=O)Nc1cccc(F)c1F. The molecule has 1 aromatic heterocycles. The van der Waals surface area contributed by atoms with Gasteiger partial charge in [0.2, 0.25) is 0 Å². The molecular formula is C28H31F2N7O. The van der Waals surface area contributed by atoms with Gasteiger partial charge in [-0.15, -0.1) is 5.10 Å². The van der Waals surface area contributed by atoms with E-state index in [-0.39, 0.29) is 5.69 Å². The van der Waals surface area contributed by atoms with Crippen LogP contribution in [0.15, 0.2) is 60.7 Å². The van der Waals surface area contributed by atoms with Gasteiger partial charge in [0.25, 0.3) is 0 Å². The smallest absolute Gasteiger partial charge is 0.323 e. The second-order valence-corrected chi connectivity index (χ2v) is 9.90. The first-order valence-electron chi connectivity index (χ1n) is 12.5. The highest BCUT2D eigenvalue weighted by atomic mass is 19.2. The molecule has 3 aromatic carbocycles. The molecule has 38 heavy (non-hydrogen) atoms. The van der Waals surface area contributed by atoms with Crippen LogP contribution in [0.2, 0.25) is 0 Å². The maximum atomic E-state index is 14.2. The van der Waals surface area contributed by atoms with Crippen molar-refractivity contribution in [2.75, 3.05) is 28.6 Å². The summed E-state index contributed by atoms with van der Waals surface area (Å²) in [4.78, 5) is 15.2. The normalized spacial score (nSPS) is 11.2. The molecule has 0 aliphatic rings. The van der Waals surface area contributed by atoms with Gasteiger partial charge in [0, 0.05) is 18.7 Å². The third-order valence-electron chi connectivity index (χ3n) is 5.79. The lowest BCUT2D eigenvalue weighted by molar-refractivity contribution is 0.262. The molecule has 1 heterocycles. The molecule has 8 nitrogen and oxygen atoms in total. The number of benzene rings is 3. The van der Waals surface area contributed by atoms with Gasteiger partial charge in [-0.05, 0) is 57.7 Å². The summed E-state index contributed by atoms with van der Waals surface area (Å²) in [5, 5.41) is 19.5. The molecule has 0 aliphatic carbocycles. The highest BCUT2D eigenvalue weighted by Crippen LogP contribution is 2.36. The van der Waals surface area contributed by atoms with Crippen molar-refractivity contribution in [3.05, 3.63) is 72.3 Å². The molecule has 0 bridgehead atoms. The standard InChI is InChI=1S/C28H31F2N7O/c1-17(2)15-37(16-18(3)4)25-13-12-19(20-8-5-6-9-21(20)27-33-35-36-34-27)14-24(25)32-28(38)31-23-11-7-10-22(29)26(23)30/h5-14,17-18H,15-16H2,1-4H3,(H2,31,32,38)(H,33,34,35,36). The van der Waals surface area contributed by atoms with E-state index in [2.05, 4.69) is 63.9 Å². The Balaban J connectivity index is 1.76. The predicted octanol–water partition coefficient (Wildman–Crippen LogP) is 6.57. The molecular weight excluding hydrogens is 488 g/mol. The Morgan fingerprint density at radius 1 is 0.895 bits per heavy atom. The number of anilines is 3. The number of amides is 2. The molecule has 0 radical (unpaired) electrons. The number of nitrogens with one attached hydrogen (secondary N) is 3. The van der Waals surface area contributed by atoms with E-state index in [4.69, 9.17) is 0 Å². The minimum Gasteiger partial charge on any atom is -0.369 e. The molecule has 4 aromatic rings. The Kier molecular flexibility index (Phi) is 8.30. The van der Waals surface area contributed by atoms with Gasteiger partial charge in [0.15, 0.2) is 17.5 Å². The molecule has 2 amide bonds. The summed E-state index contributed by atoms with van der Waals surface area (Å²) in [7, 11) is 0. The van der Waals surface area contributed by atoms with Crippen LogP contribution in [0.5, 0.6) is 0 Å². The predicted molar refractivity (Wildman–Crippen MR) is 146 cm³/mol. The van der Waals surface area contributed by atoms with Gasteiger partial charge in [-0.3, -0.25) is 0 Å². The molecule has 0 unspecified atom stereocenters. The van der Waals surface area contributed by atoms with Crippen molar-refractivity contribution in [1.82, 2.24) is 20.6 Å². The zero-order chi connectivity index (χ0) is 27.2. The minimum absolute atomic E-state index is 0.246. The number of rotatable bonds is 9. The van der Waals surface area contributed by atoms with Gasteiger partial charge >= 0.3 is 6.03 Å². The van der Waals surface area contributed by atoms with Gasteiger partial charge in [0.05, 0.1) is 17.1 Å². The Bertz CT molecular complexity index is 1380. The second-order valence-electron chi connectivity index (χ2n) is 9.90. The molecule has 198 valence electrons. The Labute approximate surface area is 220 Å². The van der Waals surface area contributed by atoms with Gasteiger partial charge in [-0.1, -0.05) is 64.1 Å². The highest BCUT2D eigenvalue weighted by molar-refractivity contribution is 6.02. The van der Waals surface area contributed by atoms with E-state index in [1.165, 1.54) is 12.1 Å². The first-order chi connectivity index (χ1) is 18.2. The van der Waals surface area contributed by atoms with Crippen LogP contribution in [-0.4, -0.2) is 39.7 Å². The van der Waals surface area contributed by atoms with Crippen LogP contribution in [0, 0.1) is 23.5 Å². The number of halogens is 2. The number of H-pyrrole nitrogens is 1. The number of tetrazole rings is 1. The van der Waals surface area contributed by atoms with E-state index < -0.39 is 17.7 Å². The van der Waals surface area contributed by atoms with Gasteiger partial charge in [-0.2, -0.15) is 0 Å². The van der Waals surface area contributed by atoms with E-state index in [0.717, 1.165) is 41.5 Å². The number of hydrogen-bond donors (Lipinski definition) is 3. The summed E-state index contributed by atoms with van der Waals surface area (Å²) in [5.41, 5.74) is 3.58. The number of aromatic nitrogens is 4. The summed E-state index contributed by atoms with van der Waals surface area (Å²) in [5.74, 6) is -0.899. The molecule has 10 heteroatoms. The largest absolute Gasteiger partial charge is 0.369 e. The van der Waals surface area contributed by atoms with Crippen LogP contribution in [0.25, 0.3) is 22.5 Å². The van der Waals surface area contributed by atoms with Crippen molar-refractivity contribution in [3.63, 3.8) is 0 Å².